The molecule has 0 radical (unpaired) electrons. The number of hydrogen-bond donors (Lipinski definition) is 2. The summed E-state index contributed by atoms with van der Waals surface area (Å²) >= 11 is 0. The van der Waals surface area contributed by atoms with Gasteiger partial charge in [0, 0.05) is 30.6 Å². The molecule has 10 heteroatoms. The Balaban J connectivity index is 1.39. The van der Waals surface area contributed by atoms with E-state index in [2.05, 4.69) is 20.5 Å². The first kappa shape index (κ1) is 23.3. The molecule has 1 fully saturated rings. The van der Waals surface area contributed by atoms with Crippen molar-refractivity contribution in [3.05, 3.63) is 52.3 Å². The summed E-state index contributed by atoms with van der Waals surface area (Å²) in [5, 5.41) is 9.79. The van der Waals surface area contributed by atoms with Gasteiger partial charge in [-0.05, 0) is 31.0 Å². The summed E-state index contributed by atoms with van der Waals surface area (Å²) in [6.07, 6.45) is 6.14. The number of carbonyl (C=O) groups is 1. The maximum Gasteiger partial charge on any atom is 0.269 e. The molecule has 3 aromatic rings. The van der Waals surface area contributed by atoms with E-state index < -0.39 is 0 Å². The van der Waals surface area contributed by atoms with Crippen molar-refractivity contribution in [3.63, 3.8) is 0 Å². The monoisotopic (exact) mass is 467 g/mol. The standard InChI is InChI=1S/C24H29N5O5/c1-32-20-10-16(11-21(33-2)23(20)34-3)18-12-19(28-27-18)24(31)25-8-9-29-14-26-17(13-22(29)30)15-6-4-5-7-15/h10-15H,4-9H2,1-3H3,(H,25,31)(H,27,28). The Morgan fingerprint density at radius 2 is 1.79 bits per heavy atom. The van der Waals surface area contributed by atoms with E-state index in [1.807, 2.05) is 0 Å². The third-order valence-electron chi connectivity index (χ3n) is 6.10. The Hall–Kier alpha value is -3.82. The second-order valence-electron chi connectivity index (χ2n) is 8.16. The Kier molecular flexibility index (Phi) is 7.15. The number of aromatic amines is 1. The lowest BCUT2D eigenvalue weighted by atomic mass is 10.0. The number of carbonyl (C=O) groups excluding carboxylic acids is 1. The van der Waals surface area contributed by atoms with Gasteiger partial charge in [0.25, 0.3) is 11.5 Å². The molecule has 0 unspecified atom stereocenters. The van der Waals surface area contributed by atoms with Crippen LogP contribution < -0.4 is 25.1 Å². The highest BCUT2D eigenvalue weighted by atomic mass is 16.5. The first-order valence-corrected chi connectivity index (χ1v) is 11.2. The van der Waals surface area contributed by atoms with E-state index in [-0.39, 0.29) is 18.0 Å². The van der Waals surface area contributed by atoms with Gasteiger partial charge in [-0.1, -0.05) is 12.8 Å². The first-order chi connectivity index (χ1) is 16.5. The molecule has 180 valence electrons. The fourth-order valence-electron chi connectivity index (χ4n) is 4.25. The Bertz CT molecular complexity index is 1190. The fraction of sp³-hybridized carbons (Fsp3) is 0.417. The summed E-state index contributed by atoms with van der Waals surface area (Å²) in [4.78, 5) is 29.5. The van der Waals surface area contributed by atoms with Crippen LogP contribution in [0.25, 0.3) is 11.3 Å². The van der Waals surface area contributed by atoms with E-state index in [0.717, 1.165) is 18.5 Å². The van der Waals surface area contributed by atoms with Gasteiger partial charge in [-0.3, -0.25) is 19.3 Å². The van der Waals surface area contributed by atoms with Crippen LogP contribution in [0.1, 0.15) is 47.8 Å². The molecular formula is C24H29N5O5. The number of rotatable bonds is 9. The lowest BCUT2D eigenvalue weighted by Crippen LogP contribution is -2.31. The van der Waals surface area contributed by atoms with E-state index in [1.165, 1.54) is 38.7 Å². The summed E-state index contributed by atoms with van der Waals surface area (Å²) < 4.78 is 17.6. The number of H-pyrrole nitrogens is 1. The zero-order valence-electron chi connectivity index (χ0n) is 19.6. The molecule has 1 saturated carbocycles. The Morgan fingerprint density at radius 3 is 2.41 bits per heavy atom. The largest absolute Gasteiger partial charge is 0.493 e. The molecule has 0 atom stereocenters. The average Bonchev–Trinajstić information content (AvgIpc) is 3.57. The summed E-state index contributed by atoms with van der Waals surface area (Å²) in [6, 6.07) is 6.78. The predicted octanol–water partition coefficient (Wildman–Crippen LogP) is 2.75. The minimum atomic E-state index is -0.324. The van der Waals surface area contributed by atoms with Gasteiger partial charge in [0.2, 0.25) is 5.75 Å². The highest BCUT2D eigenvalue weighted by molar-refractivity contribution is 5.93. The minimum absolute atomic E-state index is 0.0997. The van der Waals surface area contributed by atoms with Crippen LogP contribution >= 0.6 is 0 Å². The lowest BCUT2D eigenvalue weighted by molar-refractivity contribution is 0.0947. The molecule has 2 N–H and O–H groups in total. The molecule has 1 aliphatic carbocycles. The van der Waals surface area contributed by atoms with Crippen LogP contribution in [0.15, 0.2) is 35.4 Å². The van der Waals surface area contributed by atoms with Gasteiger partial charge in [-0.2, -0.15) is 5.10 Å². The summed E-state index contributed by atoms with van der Waals surface area (Å²) in [5.74, 6) is 1.52. The van der Waals surface area contributed by atoms with Gasteiger partial charge in [-0.25, -0.2) is 4.98 Å². The summed E-state index contributed by atoms with van der Waals surface area (Å²) in [7, 11) is 4.60. The molecule has 1 aromatic carbocycles. The van der Waals surface area contributed by atoms with Crippen LogP contribution in [0.3, 0.4) is 0 Å². The molecule has 0 spiro atoms. The van der Waals surface area contributed by atoms with Crippen molar-refractivity contribution < 1.29 is 19.0 Å². The van der Waals surface area contributed by atoms with E-state index in [9.17, 15) is 9.59 Å². The normalized spacial score (nSPS) is 13.6. The highest BCUT2D eigenvalue weighted by Gasteiger charge is 2.19. The van der Waals surface area contributed by atoms with Crippen LogP contribution in [0.2, 0.25) is 0 Å². The highest BCUT2D eigenvalue weighted by Crippen LogP contribution is 2.40. The molecule has 1 amide bonds. The number of methoxy groups -OCH3 is 3. The van der Waals surface area contributed by atoms with Crippen LogP contribution in [0.4, 0.5) is 0 Å². The van der Waals surface area contributed by atoms with E-state index in [1.54, 1.807) is 30.6 Å². The van der Waals surface area contributed by atoms with Crippen molar-refractivity contribution in [2.24, 2.45) is 0 Å². The predicted molar refractivity (Wildman–Crippen MR) is 126 cm³/mol. The zero-order valence-corrected chi connectivity index (χ0v) is 19.6. The molecule has 0 saturated heterocycles. The van der Waals surface area contributed by atoms with Crippen molar-refractivity contribution in [1.82, 2.24) is 25.1 Å². The van der Waals surface area contributed by atoms with Crippen LogP contribution in [0, 0.1) is 0 Å². The molecule has 10 nitrogen and oxygen atoms in total. The van der Waals surface area contributed by atoms with Crippen LogP contribution in [0.5, 0.6) is 17.2 Å². The SMILES string of the molecule is COc1cc(-c2cc(C(=O)NCCn3cnc(C4CCCC4)cc3=O)[nH]n2)cc(OC)c1OC. The van der Waals surface area contributed by atoms with Crippen molar-refractivity contribution in [3.8, 4) is 28.5 Å². The van der Waals surface area contributed by atoms with E-state index in [4.69, 9.17) is 14.2 Å². The number of benzene rings is 1. The smallest absolute Gasteiger partial charge is 0.269 e. The number of amides is 1. The fourth-order valence-corrected chi connectivity index (χ4v) is 4.25. The second kappa shape index (κ2) is 10.4. The molecular weight excluding hydrogens is 438 g/mol. The average molecular weight is 468 g/mol. The third kappa shape index (κ3) is 4.90. The Labute approximate surface area is 197 Å². The van der Waals surface area contributed by atoms with Gasteiger partial charge in [0.1, 0.15) is 5.69 Å². The van der Waals surface area contributed by atoms with E-state index in [0.29, 0.717) is 46.7 Å². The second-order valence-corrected chi connectivity index (χ2v) is 8.16. The molecule has 2 aromatic heterocycles. The molecule has 1 aliphatic rings. The number of aromatic nitrogens is 4. The van der Waals surface area contributed by atoms with E-state index >= 15 is 0 Å². The summed E-state index contributed by atoms with van der Waals surface area (Å²) in [5.41, 5.74) is 2.32. The topological polar surface area (TPSA) is 120 Å². The van der Waals surface area contributed by atoms with Gasteiger partial charge < -0.3 is 19.5 Å². The molecule has 4 rings (SSSR count). The van der Waals surface area contributed by atoms with Crippen molar-refractivity contribution in [2.45, 2.75) is 38.1 Å². The third-order valence-corrected chi connectivity index (χ3v) is 6.10. The number of hydrogen-bond acceptors (Lipinski definition) is 7. The summed E-state index contributed by atoms with van der Waals surface area (Å²) in [6.45, 7) is 0.609. The Morgan fingerprint density at radius 1 is 1.09 bits per heavy atom. The first-order valence-electron chi connectivity index (χ1n) is 11.2. The molecule has 0 bridgehead atoms. The maximum absolute atomic E-state index is 12.6. The van der Waals surface area contributed by atoms with Crippen molar-refractivity contribution in [2.75, 3.05) is 27.9 Å². The lowest BCUT2D eigenvalue weighted by Gasteiger charge is -2.13. The van der Waals surface area contributed by atoms with Crippen molar-refractivity contribution in [1.29, 1.82) is 0 Å². The number of nitrogens with one attached hydrogen (secondary N) is 2. The molecule has 2 heterocycles. The van der Waals surface area contributed by atoms with Gasteiger partial charge in [0.15, 0.2) is 11.5 Å². The maximum atomic E-state index is 12.6. The van der Waals surface area contributed by atoms with Crippen LogP contribution in [-0.2, 0) is 6.54 Å². The van der Waals surface area contributed by atoms with Crippen LogP contribution in [-0.4, -0.2) is 53.5 Å². The number of nitrogens with zero attached hydrogens (tertiary/aromatic N) is 3. The van der Waals surface area contributed by atoms with Gasteiger partial charge in [-0.15, -0.1) is 0 Å². The number of ether oxygens (including phenoxy) is 3. The van der Waals surface area contributed by atoms with Crippen molar-refractivity contribution >= 4 is 5.91 Å². The quantitative estimate of drug-likeness (QED) is 0.496. The van der Waals surface area contributed by atoms with Gasteiger partial charge in [0.05, 0.1) is 39.0 Å². The zero-order chi connectivity index (χ0) is 24.1. The molecule has 0 aliphatic heterocycles. The van der Waals surface area contributed by atoms with Gasteiger partial charge >= 0.3 is 0 Å². The molecule has 34 heavy (non-hydrogen) atoms. The minimum Gasteiger partial charge on any atom is -0.493 e.